The Hall–Kier alpha value is -4.06. The quantitative estimate of drug-likeness (QED) is 0.0677. The van der Waals surface area contributed by atoms with Crippen LogP contribution in [0.25, 0.3) is 22.1 Å². The second-order valence-corrected chi connectivity index (χ2v) is 11.3. The minimum atomic E-state index is -0.821. The molecule has 0 spiro atoms. The molecular formula is C36H46O11. The summed E-state index contributed by atoms with van der Waals surface area (Å²) in [6.45, 7) is 1.22. The molecule has 0 saturated carbocycles. The van der Waals surface area contributed by atoms with Gasteiger partial charge in [0.15, 0.2) is 11.5 Å². The highest BCUT2D eigenvalue weighted by Crippen LogP contribution is 2.34. The van der Waals surface area contributed by atoms with Crippen LogP contribution in [0.1, 0.15) is 88.7 Å². The summed E-state index contributed by atoms with van der Waals surface area (Å²) in [6.07, 6.45) is 7.93. The van der Waals surface area contributed by atoms with E-state index in [1.165, 1.54) is 18.4 Å². The summed E-state index contributed by atoms with van der Waals surface area (Å²) < 4.78 is 32.8. The molecule has 1 aromatic heterocycles. The summed E-state index contributed by atoms with van der Waals surface area (Å²) in [5, 5.41) is 9.04. The molecule has 256 valence electrons. The molecular weight excluding hydrogens is 608 g/mol. The van der Waals surface area contributed by atoms with Crippen LogP contribution in [0.2, 0.25) is 0 Å². The average Bonchev–Trinajstić information content (AvgIpc) is 3.05. The maximum Gasteiger partial charge on any atom is 0.311 e. The number of esters is 2. The Balaban J connectivity index is 1.84. The lowest BCUT2D eigenvalue weighted by atomic mass is 9.99. The maximum atomic E-state index is 13.7. The van der Waals surface area contributed by atoms with Gasteiger partial charge in [-0.15, -0.1) is 0 Å². The van der Waals surface area contributed by atoms with E-state index in [-0.39, 0.29) is 53.3 Å². The number of carbonyl (C=O) groups excluding carboxylic acids is 2. The van der Waals surface area contributed by atoms with Gasteiger partial charge >= 0.3 is 17.9 Å². The lowest BCUT2D eigenvalue weighted by Crippen LogP contribution is -2.13. The number of hydrogen-bond acceptors (Lipinski definition) is 10. The van der Waals surface area contributed by atoms with Gasteiger partial charge in [-0.25, -0.2) is 0 Å². The van der Waals surface area contributed by atoms with E-state index in [1.807, 2.05) is 12.1 Å². The standard InChI is InChI=1S/C36H46O11/c1-42-20-10-4-6-14-34(39)46-31-22-27-30(23-32(31)47-35(40)15-7-5-11-21-43-2)45-24-28(36(27)41)25-16-18-26(19-17-25)29(44-3)12-8-9-13-33(37)38/h16-19,22-24,29H,4-15,20-21H2,1-3H3,(H,37,38). The number of ether oxygens (including phenoxy) is 5. The Kier molecular flexibility index (Phi) is 16.1. The predicted molar refractivity (Wildman–Crippen MR) is 176 cm³/mol. The number of carboxylic acids is 1. The van der Waals surface area contributed by atoms with Crippen molar-refractivity contribution in [2.24, 2.45) is 0 Å². The van der Waals surface area contributed by atoms with Gasteiger partial charge < -0.3 is 33.2 Å². The lowest BCUT2D eigenvalue weighted by molar-refractivity contribution is -0.137. The number of carbonyl (C=O) groups is 3. The number of benzene rings is 2. The van der Waals surface area contributed by atoms with Crippen LogP contribution in [0.4, 0.5) is 0 Å². The molecule has 2 aromatic carbocycles. The molecule has 1 heterocycles. The summed E-state index contributed by atoms with van der Waals surface area (Å²) in [5.41, 5.74) is 1.65. The van der Waals surface area contributed by atoms with E-state index in [1.54, 1.807) is 33.5 Å². The third-order valence-corrected chi connectivity index (χ3v) is 7.73. The second kappa shape index (κ2) is 20.2. The van der Waals surface area contributed by atoms with Crippen molar-refractivity contribution in [2.75, 3.05) is 34.5 Å². The molecule has 0 amide bonds. The maximum absolute atomic E-state index is 13.7. The van der Waals surface area contributed by atoms with Crippen molar-refractivity contribution in [3.63, 3.8) is 0 Å². The van der Waals surface area contributed by atoms with Crippen LogP contribution in [0.3, 0.4) is 0 Å². The largest absolute Gasteiger partial charge is 0.481 e. The zero-order chi connectivity index (χ0) is 34.0. The third kappa shape index (κ3) is 12.2. The predicted octanol–water partition coefficient (Wildman–Crippen LogP) is 7.02. The summed E-state index contributed by atoms with van der Waals surface area (Å²) >= 11 is 0. The smallest absolute Gasteiger partial charge is 0.311 e. The van der Waals surface area contributed by atoms with Gasteiger partial charge in [0.25, 0.3) is 0 Å². The minimum absolute atomic E-state index is 0.00124. The molecule has 0 aliphatic carbocycles. The van der Waals surface area contributed by atoms with Crippen molar-refractivity contribution in [1.29, 1.82) is 0 Å². The van der Waals surface area contributed by atoms with E-state index >= 15 is 0 Å². The normalized spacial score (nSPS) is 11.8. The van der Waals surface area contributed by atoms with Crippen molar-refractivity contribution in [2.45, 2.75) is 83.2 Å². The fourth-order valence-corrected chi connectivity index (χ4v) is 5.13. The summed E-state index contributed by atoms with van der Waals surface area (Å²) in [6, 6.07) is 10.1. The SMILES string of the molecule is COCCCCCC(=O)Oc1cc2occ(-c3ccc(C(CCCCC(=O)O)OC)cc3)c(=O)c2cc1OC(=O)CCCCCOC. The van der Waals surface area contributed by atoms with Crippen molar-refractivity contribution in [3.8, 4) is 22.6 Å². The molecule has 1 atom stereocenters. The van der Waals surface area contributed by atoms with Gasteiger partial charge in [0.2, 0.25) is 5.43 Å². The Bertz CT molecular complexity index is 1490. The van der Waals surface area contributed by atoms with Crippen LogP contribution in [0, 0.1) is 0 Å². The number of unbranched alkanes of at least 4 members (excludes halogenated alkanes) is 5. The van der Waals surface area contributed by atoms with Crippen molar-refractivity contribution >= 4 is 28.9 Å². The highest BCUT2D eigenvalue weighted by atomic mass is 16.6. The number of aliphatic carboxylic acids is 1. The van der Waals surface area contributed by atoms with Gasteiger partial charge in [-0.2, -0.15) is 0 Å². The van der Waals surface area contributed by atoms with E-state index in [2.05, 4.69) is 0 Å². The van der Waals surface area contributed by atoms with Crippen LogP contribution >= 0.6 is 0 Å². The molecule has 47 heavy (non-hydrogen) atoms. The first-order valence-electron chi connectivity index (χ1n) is 16.1. The third-order valence-electron chi connectivity index (χ3n) is 7.73. The van der Waals surface area contributed by atoms with Gasteiger partial charge in [0.1, 0.15) is 11.8 Å². The summed E-state index contributed by atoms with van der Waals surface area (Å²) in [4.78, 5) is 49.9. The summed E-state index contributed by atoms with van der Waals surface area (Å²) in [5.74, 6) is -1.85. The summed E-state index contributed by atoms with van der Waals surface area (Å²) in [7, 11) is 4.86. The van der Waals surface area contributed by atoms with Crippen molar-refractivity contribution in [3.05, 3.63) is 58.4 Å². The topological polar surface area (TPSA) is 148 Å². The molecule has 11 nitrogen and oxygen atoms in total. The number of rotatable bonds is 22. The van der Waals surface area contributed by atoms with E-state index < -0.39 is 17.9 Å². The molecule has 3 rings (SSSR count). The Morgan fingerprint density at radius 2 is 1.32 bits per heavy atom. The van der Waals surface area contributed by atoms with Gasteiger partial charge in [-0.1, -0.05) is 37.1 Å². The zero-order valence-corrected chi connectivity index (χ0v) is 27.5. The average molecular weight is 655 g/mol. The minimum Gasteiger partial charge on any atom is -0.481 e. The molecule has 0 bridgehead atoms. The molecule has 1 unspecified atom stereocenters. The fraction of sp³-hybridized carbons (Fsp3) is 0.500. The van der Waals surface area contributed by atoms with Crippen LogP contribution < -0.4 is 14.9 Å². The highest BCUT2D eigenvalue weighted by Gasteiger charge is 2.20. The highest BCUT2D eigenvalue weighted by molar-refractivity contribution is 5.87. The number of fused-ring (bicyclic) bond motifs is 1. The molecule has 0 radical (unpaired) electrons. The van der Waals surface area contributed by atoms with E-state index in [0.717, 1.165) is 31.2 Å². The van der Waals surface area contributed by atoms with E-state index in [9.17, 15) is 19.2 Å². The fourth-order valence-electron chi connectivity index (χ4n) is 5.13. The molecule has 3 aromatic rings. The van der Waals surface area contributed by atoms with Crippen molar-refractivity contribution < 1.29 is 47.6 Å². The van der Waals surface area contributed by atoms with Gasteiger partial charge in [0.05, 0.1) is 17.1 Å². The Morgan fingerprint density at radius 3 is 1.87 bits per heavy atom. The lowest BCUT2D eigenvalue weighted by Gasteiger charge is -2.16. The molecule has 0 aliphatic rings. The number of carboxylic acid groups (broad SMARTS) is 1. The monoisotopic (exact) mass is 654 g/mol. The van der Waals surface area contributed by atoms with Crippen LogP contribution in [0.5, 0.6) is 11.5 Å². The zero-order valence-electron chi connectivity index (χ0n) is 27.5. The van der Waals surface area contributed by atoms with Gasteiger partial charge in [0, 0.05) is 59.9 Å². The molecule has 11 heteroatoms. The first-order chi connectivity index (χ1) is 22.8. The number of methoxy groups -OCH3 is 3. The Labute approximate surface area is 275 Å². The van der Waals surface area contributed by atoms with E-state index in [0.29, 0.717) is 56.4 Å². The van der Waals surface area contributed by atoms with Crippen molar-refractivity contribution in [1.82, 2.24) is 0 Å². The Morgan fingerprint density at radius 1 is 0.745 bits per heavy atom. The molecule has 0 saturated heterocycles. The van der Waals surface area contributed by atoms with Gasteiger partial charge in [-0.05, 0) is 62.1 Å². The van der Waals surface area contributed by atoms with Crippen LogP contribution in [-0.4, -0.2) is 57.6 Å². The molecule has 0 aliphatic heterocycles. The van der Waals surface area contributed by atoms with Gasteiger partial charge in [-0.3, -0.25) is 19.2 Å². The molecule has 0 fully saturated rings. The first kappa shape index (κ1) is 37.4. The van der Waals surface area contributed by atoms with Crippen LogP contribution in [0.15, 0.2) is 51.9 Å². The molecule has 1 N–H and O–H groups in total. The first-order valence-corrected chi connectivity index (χ1v) is 16.1. The number of hydrogen-bond donors (Lipinski definition) is 1. The van der Waals surface area contributed by atoms with Crippen LogP contribution in [-0.2, 0) is 28.6 Å². The van der Waals surface area contributed by atoms with E-state index in [4.69, 9.17) is 33.2 Å². The second-order valence-electron chi connectivity index (χ2n) is 11.3.